The first-order valence-electron chi connectivity index (χ1n) is 12.1. The Labute approximate surface area is 218 Å². The Morgan fingerprint density at radius 2 is 2.11 bits per heavy atom. The molecule has 1 saturated heterocycles. The molecule has 2 aromatic heterocycles. The van der Waals surface area contributed by atoms with E-state index in [4.69, 9.17) is 9.47 Å². The number of amides is 2. The summed E-state index contributed by atoms with van der Waals surface area (Å²) in [5.41, 5.74) is 1.18. The van der Waals surface area contributed by atoms with E-state index in [1.165, 1.54) is 23.4 Å². The molecule has 11 heteroatoms. The van der Waals surface area contributed by atoms with Gasteiger partial charge in [0.1, 0.15) is 24.0 Å². The van der Waals surface area contributed by atoms with E-state index >= 15 is 0 Å². The molecule has 0 spiro atoms. The number of nitrogens with zero attached hydrogens (tertiary/aromatic N) is 4. The Morgan fingerprint density at radius 3 is 2.89 bits per heavy atom. The Hall–Kier alpha value is -4.27. The SMILES string of the molecule is CN1C(=O)C(NC(=O)n2cc(Cc3cccc(F)n3)cn2)COc2ccc(C#CC3(O)CCOCC3)cc21. The summed E-state index contributed by atoms with van der Waals surface area (Å²) in [6, 6.07) is 8.11. The largest absolute Gasteiger partial charge is 0.489 e. The minimum atomic E-state index is -1.10. The highest BCUT2D eigenvalue weighted by Gasteiger charge is 2.31. The number of anilines is 1. The molecule has 3 aromatic rings. The molecule has 38 heavy (non-hydrogen) atoms. The summed E-state index contributed by atoms with van der Waals surface area (Å²) in [5.74, 6) is 5.43. The fourth-order valence-corrected chi connectivity index (χ4v) is 4.24. The van der Waals surface area contributed by atoms with E-state index in [-0.39, 0.29) is 12.5 Å². The lowest BCUT2D eigenvalue weighted by atomic mass is 9.95. The maximum absolute atomic E-state index is 13.4. The van der Waals surface area contributed by atoms with Gasteiger partial charge in [-0.25, -0.2) is 9.78 Å². The van der Waals surface area contributed by atoms with E-state index in [1.807, 2.05) is 0 Å². The molecule has 5 rings (SSSR count). The van der Waals surface area contributed by atoms with E-state index in [0.29, 0.717) is 60.7 Å². The number of aliphatic hydroxyl groups is 1. The smallest absolute Gasteiger partial charge is 0.342 e. The zero-order chi connectivity index (χ0) is 26.7. The fraction of sp³-hybridized carbons (Fsp3) is 0.333. The van der Waals surface area contributed by atoms with Gasteiger partial charge in [0.15, 0.2) is 0 Å². The highest BCUT2D eigenvalue weighted by Crippen LogP contribution is 2.31. The molecule has 0 saturated carbocycles. The van der Waals surface area contributed by atoms with Crippen LogP contribution in [0.4, 0.5) is 14.9 Å². The number of halogens is 1. The average Bonchev–Trinajstić information content (AvgIpc) is 3.34. The number of nitrogens with one attached hydrogen (secondary N) is 1. The van der Waals surface area contributed by atoms with Crippen LogP contribution in [0.5, 0.6) is 5.75 Å². The van der Waals surface area contributed by atoms with Crippen LogP contribution >= 0.6 is 0 Å². The summed E-state index contributed by atoms with van der Waals surface area (Å²) >= 11 is 0. The second-order valence-electron chi connectivity index (χ2n) is 9.21. The second-order valence-corrected chi connectivity index (χ2v) is 9.21. The number of carbonyl (C=O) groups excluding carboxylic acids is 2. The highest BCUT2D eigenvalue weighted by molar-refractivity contribution is 6.00. The number of likely N-dealkylation sites (N-methyl/N-ethyl adjacent to an activating group) is 1. The zero-order valence-corrected chi connectivity index (χ0v) is 20.7. The lowest BCUT2D eigenvalue weighted by molar-refractivity contribution is -0.120. The van der Waals surface area contributed by atoms with Crippen molar-refractivity contribution in [2.75, 3.05) is 31.8 Å². The van der Waals surface area contributed by atoms with E-state index in [2.05, 4.69) is 27.2 Å². The quantitative estimate of drug-likeness (QED) is 0.401. The first-order chi connectivity index (χ1) is 18.3. The monoisotopic (exact) mass is 519 g/mol. The Bertz CT molecular complexity index is 1420. The summed E-state index contributed by atoms with van der Waals surface area (Å²) in [6.45, 7) is 0.837. The molecule has 0 bridgehead atoms. The molecule has 196 valence electrons. The molecule has 2 aliphatic rings. The summed E-state index contributed by atoms with van der Waals surface area (Å²) < 4.78 is 25.6. The van der Waals surface area contributed by atoms with Crippen molar-refractivity contribution >= 4 is 17.6 Å². The van der Waals surface area contributed by atoms with Crippen LogP contribution in [0.2, 0.25) is 0 Å². The van der Waals surface area contributed by atoms with Crippen molar-refractivity contribution < 1.29 is 28.6 Å². The Kier molecular flexibility index (Phi) is 7.09. The molecule has 0 aliphatic carbocycles. The predicted molar refractivity (Wildman–Crippen MR) is 134 cm³/mol. The summed E-state index contributed by atoms with van der Waals surface area (Å²) in [7, 11) is 1.59. The molecule has 2 N–H and O–H groups in total. The number of ether oxygens (including phenoxy) is 2. The van der Waals surface area contributed by atoms with E-state index in [1.54, 1.807) is 37.4 Å². The van der Waals surface area contributed by atoms with Crippen molar-refractivity contribution in [3.63, 3.8) is 0 Å². The van der Waals surface area contributed by atoms with Crippen LogP contribution in [0.3, 0.4) is 0 Å². The minimum absolute atomic E-state index is 0.0754. The molecule has 0 radical (unpaired) electrons. The molecule has 4 heterocycles. The third-order valence-electron chi connectivity index (χ3n) is 6.41. The van der Waals surface area contributed by atoms with Crippen molar-refractivity contribution in [1.82, 2.24) is 20.1 Å². The normalized spacial score (nSPS) is 18.4. The third-order valence-corrected chi connectivity index (χ3v) is 6.41. The van der Waals surface area contributed by atoms with Gasteiger partial charge in [0.2, 0.25) is 5.95 Å². The summed E-state index contributed by atoms with van der Waals surface area (Å²) in [6.07, 6.45) is 4.16. The van der Waals surface area contributed by atoms with Gasteiger partial charge in [0.05, 0.1) is 25.1 Å². The topological polar surface area (TPSA) is 119 Å². The molecule has 10 nitrogen and oxygen atoms in total. The van der Waals surface area contributed by atoms with Crippen LogP contribution in [-0.4, -0.2) is 70.3 Å². The van der Waals surface area contributed by atoms with Gasteiger partial charge in [0, 0.05) is 43.8 Å². The van der Waals surface area contributed by atoms with E-state index in [9.17, 15) is 19.1 Å². The number of aromatic nitrogens is 3. The van der Waals surface area contributed by atoms with Crippen LogP contribution in [0.15, 0.2) is 48.8 Å². The number of fused-ring (bicyclic) bond motifs is 1. The molecule has 1 unspecified atom stereocenters. The van der Waals surface area contributed by atoms with Gasteiger partial charge in [-0.15, -0.1) is 0 Å². The van der Waals surface area contributed by atoms with Crippen LogP contribution < -0.4 is 15.0 Å². The first-order valence-corrected chi connectivity index (χ1v) is 12.1. The van der Waals surface area contributed by atoms with E-state index in [0.717, 1.165) is 4.68 Å². The van der Waals surface area contributed by atoms with Crippen molar-refractivity contribution in [3.8, 4) is 17.6 Å². The summed E-state index contributed by atoms with van der Waals surface area (Å²) in [4.78, 5) is 31.2. The minimum Gasteiger partial charge on any atom is -0.489 e. The van der Waals surface area contributed by atoms with Crippen LogP contribution in [0, 0.1) is 17.8 Å². The number of benzene rings is 1. The van der Waals surface area contributed by atoms with Crippen LogP contribution in [0.25, 0.3) is 0 Å². The van der Waals surface area contributed by atoms with Gasteiger partial charge in [-0.3, -0.25) is 4.79 Å². The number of rotatable bonds is 3. The number of carbonyl (C=O) groups is 2. The van der Waals surface area contributed by atoms with Crippen LogP contribution in [0.1, 0.15) is 29.7 Å². The Balaban J connectivity index is 1.26. The van der Waals surface area contributed by atoms with Gasteiger partial charge >= 0.3 is 6.03 Å². The molecule has 1 fully saturated rings. The molecular weight excluding hydrogens is 493 g/mol. The fourth-order valence-electron chi connectivity index (χ4n) is 4.24. The molecular formula is C27H26FN5O5. The standard InChI is InChI=1S/C27H26FN5O5/c1-32-22-14-18(7-8-27(36)9-11-37-12-10-27)5-6-23(22)38-17-21(25(32)34)31-26(35)33-16-19(15-29-33)13-20-3-2-4-24(28)30-20/h2-6,14-16,21,36H,9-13,17H2,1H3,(H,31,35). The van der Waals surface area contributed by atoms with Gasteiger partial charge in [-0.05, 0) is 35.9 Å². The van der Waals surface area contributed by atoms with Crippen molar-refractivity contribution in [2.24, 2.45) is 0 Å². The van der Waals surface area contributed by atoms with Gasteiger partial charge in [0.25, 0.3) is 5.91 Å². The lowest BCUT2D eigenvalue weighted by Gasteiger charge is -2.26. The van der Waals surface area contributed by atoms with Crippen LogP contribution in [-0.2, 0) is 16.0 Å². The maximum atomic E-state index is 13.4. The van der Waals surface area contributed by atoms with Crippen molar-refractivity contribution in [2.45, 2.75) is 30.9 Å². The second kappa shape index (κ2) is 10.6. The van der Waals surface area contributed by atoms with Crippen molar-refractivity contribution in [3.05, 3.63) is 71.6 Å². The molecule has 2 aliphatic heterocycles. The van der Waals surface area contributed by atoms with Gasteiger partial charge < -0.3 is 24.8 Å². The van der Waals surface area contributed by atoms with Gasteiger partial charge in [-0.2, -0.15) is 14.2 Å². The first kappa shape index (κ1) is 25.4. The third kappa shape index (κ3) is 5.66. The molecule has 2 amide bonds. The highest BCUT2D eigenvalue weighted by atomic mass is 19.1. The number of hydrogen-bond donors (Lipinski definition) is 2. The zero-order valence-electron chi connectivity index (χ0n) is 20.7. The average molecular weight is 520 g/mol. The van der Waals surface area contributed by atoms with Crippen molar-refractivity contribution in [1.29, 1.82) is 0 Å². The molecule has 1 atom stereocenters. The lowest BCUT2D eigenvalue weighted by Crippen LogP contribution is -2.50. The maximum Gasteiger partial charge on any atom is 0.342 e. The Morgan fingerprint density at radius 1 is 1.29 bits per heavy atom. The number of pyridine rings is 1. The van der Waals surface area contributed by atoms with Gasteiger partial charge in [-0.1, -0.05) is 17.9 Å². The molecule has 1 aromatic carbocycles. The number of hydrogen-bond acceptors (Lipinski definition) is 7. The predicted octanol–water partition coefficient (Wildman–Crippen LogP) is 1.88. The van der Waals surface area contributed by atoms with E-state index < -0.39 is 23.6 Å². The summed E-state index contributed by atoms with van der Waals surface area (Å²) in [5, 5.41) is 17.3.